The van der Waals surface area contributed by atoms with Gasteiger partial charge in [0, 0.05) is 23.1 Å². The number of methoxy groups -OCH3 is 1. The first-order chi connectivity index (χ1) is 16.5. The largest absolute Gasteiger partial charge is 0.506 e. The van der Waals surface area contributed by atoms with Crippen LogP contribution in [0.2, 0.25) is 0 Å². The molecule has 0 fully saturated rings. The van der Waals surface area contributed by atoms with Crippen molar-refractivity contribution in [2.24, 2.45) is 10.1 Å². The van der Waals surface area contributed by atoms with E-state index in [1.165, 1.54) is 18.3 Å². The second kappa shape index (κ2) is 10.1. The van der Waals surface area contributed by atoms with Crippen LogP contribution in [0.5, 0.6) is 11.5 Å². The van der Waals surface area contributed by atoms with Gasteiger partial charge in [0.2, 0.25) is 0 Å². The van der Waals surface area contributed by atoms with Crippen LogP contribution in [0, 0.1) is 10.1 Å². The first-order valence-corrected chi connectivity index (χ1v) is 10.8. The number of nitrogens with zero attached hydrogens (tertiary/aromatic N) is 4. The van der Waals surface area contributed by atoms with Crippen molar-refractivity contribution in [1.82, 2.24) is 10.4 Å². The number of phenolic OH excluding ortho intramolecular Hbond substituents is 1. The zero-order chi connectivity index (χ0) is 24.1. The summed E-state index contributed by atoms with van der Waals surface area (Å²) in [4.78, 5) is 19.9. The number of hydrogen-bond donors (Lipinski definition) is 2. The van der Waals surface area contributed by atoms with Crippen molar-refractivity contribution in [1.29, 1.82) is 0 Å². The van der Waals surface area contributed by atoms with Gasteiger partial charge in [-0.15, -0.1) is 0 Å². The highest BCUT2D eigenvalue weighted by molar-refractivity contribution is 9.10. The number of non-ortho nitro benzene ring substituents is 1. The number of para-hydroxylation sites is 3. The van der Waals surface area contributed by atoms with E-state index >= 15 is 0 Å². The third kappa shape index (κ3) is 5.02. The minimum absolute atomic E-state index is 0.150. The summed E-state index contributed by atoms with van der Waals surface area (Å²) in [5.41, 5.74) is 4.66. The quantitative estimate of drug-likeness (QED) is 0.154. The molecule has 170 valence electrons. The van der Waals surface area contributed by atoms with Crippen molar-refractivity contribution in [3.63, 3.8) is 0 Å². The fraction of sp³-hybridized carbons (Fsp3) is 0.0417. The normalized spacial score (nSPS) is 11.6. The highest BCUT2D eigenvalue weighted by atomic mass is 79.9. The summed E-state index contributed by atoms with van der Waals surface area (Å²) in [6, 6.07) is 21.1. The zero-order valence-electron chi connectivity index (χ0n) is 17.8. The molecule has 10 heteroatoms. The zero-order valence-corrected chi connectivity index (χ0v) is 19.4. The SMILES string of the molecule is COc1ccccc1N=C(NN=Cc1cc([N+](=O)[O-])cc(Br)c1O)c1ccc2ccccc2n1. The Morgan fingerprint density at radius 2 is 1.91 bits per heavy atom. The summed E-state index contributed by atoms with van der Waals surface area (Å²) >= 11 is 3.12. The van der Waals surface area contributed by atoms with E-state index in [0.717, 1.165) is 10.9 Å². The summed E-state index contributed by atoms with van der Waals surface area (Å²) in [6.07, 6.45) is 1.27. The lowest BCUT2D eigenvalue weighted by atomic mass is 10.2. The Balaban J connectivity index is 1.74. The molecule has 0 spiro atoms. The lowest BCUT2D eigenvalue weighted by Crippen LogP contribution is -2.20. The van der Waals surface area contributed by atoms with E-state index in [0.29, 0.717) is 23.0 Å². The molecule has 0 unspecified atom stereocenters. The molecule has 0 bridgehead atoms. The maximum atomic E-state index is 11.2. The predicted octanol–water partition coefficient (Wildman–Crippen LogP) is 5.32. The molecule has 4 aromatic rings. The van der Waals surface area contributed by atoms with Gasteiger partial charge in [-0.1, -0.05) is 36.4 Å². The number of nitro benzene ring substituents is 1. The van der Waals surface area contributed by atoms with Crippen LogP contribution in [-0.2, 0) is 0 Å². The molecule has 1 heterocycles. The van der Waals surface area contributed by atoms with Gasteiger partial charge in [0.05, 0.1) is 28.2 Å². The van der Waals surface area contributed by atoms with E-state index in [-0.39, 0.29) is 21.5 Å². The molecule has 2 N–H and O–H groups in total. The Labute approximate surface area is 202 Å². The monoisotopic (exact) mass is 519 g/mol. The van der Waals surface area contributed by atoms with Crippen LogP contribution in [-0.4, -0.2) is 34.2 Å². The van der Waals surface area contributed by atoms with Crippen LogP contribution >= 0.6 is 15.9 Å². The smallest absolute Gasteiger partial charge is 0.271 e. The molecule has 0 aliphatic heterocycles. The van der Waals surface area contributed by atoms with Crippen molar-refractivity contribution >= 4 is 50.3 Å². The number of hydrogen-bond acceptors (Lipinski definition) is 7. The van der Waals surface area contributed by atoms with Gasteiger partial charge < -0.3 is 9.84 Å². The number of rotatable bonds is 6. The number of pyridine rings is 1. The Kier molecular flexibility index (Phi) is 6.79. The van der Waals surface area contributed by atoms with Crippen LogP contribution in [0.15, 0.2) is 87.4 Å². The average molecular weight is 520 g/mol. The minimum Gasteiger partial charge on any atom is -0.506 e. The maximum Gasteiger partial charge on any atom is 0.271 e. The van der Waals surface area contributed by atoms with Gasteiger partial charge in [0.25, 0.3) is 5.69 Å². The molecule has 3 aromatic carbocycles. The number of nitrogens with one attached hydrogen (secondary N) is 1. The number of fused-ring (bicyclic) bond motifs is 1. The van der Waals surface area contributed by atoms with Crippen LogP contribution in [0.25, 0.3) is 10.9 Å². The molecule has 0 amide bonds. The van der Waals surface area contributed by atoms with Crippen molar-refractivity contribution in [2.75, 3.05) is 7.11 Å². The molecule has 0 aliphatic carbocycles. The maximum absolute atomic E-state index is 11.2. The fourth-order valence-corrected chi connectivity index (χ4v) is 3.62. The number of aromatic nitrogens is 1. The fourth-order valence-electron chi connectivity index (χ4n) is 3.15. The second-order valence-electron chi connectivity index (χ2n) is 7.01. The Hall–Kier alpha value is -4.31. The number of nitro groups is 1. The molecule has 1 aromatic heterocycles. The molecule has 4 rings (SSSR count). The number of halogens is 1. The molecular weight excluding hydrogens is 502 g/mol. The highest BCUT2D eigenvalue weighted by Crippen LogP contribution is 2.31. The summed E-state index contributed by atoms with van der Waals surface area (Å²) in [7, 11) is 1.55. The second-order valence-corrected chi connectivity index (χ2v) is 7.87. The average Bonchev–Trinajstić information content (AvgIpc) is 2.85. The van der Waals surface area contributed by atoms with Crippen LogP contribution in [0.4, 0.5) is 11.4 Å². The van der Waals surface area contributed by atoms with Crippen LogP contribution in [0.3, 0.4) is 0 Å². The number of phenols is 1. The predicted molar refractivity (Wildman–Crippen MR) is 134 cm³/mol. The van der Waals surface area contributed by atoms with E-state index in [1.807, 2.05) is 42.5 Å². The van der Waals surface area contributed by atoms with Gasteiger partial charge in [-0.2, -0.15) is 5.10 Å². The van der Waals surface area contributed by atoms with Crippen LogP contribution in [0.1, 0.15) is 11.3 Å². The standard InChI is InChI=1S/C24H18BrN5O4/c1-34-22-9-5-4-8-20(22)28-24(21-11-10-15-6-2-3-7-19(15)27-21)29-26-14-16-12-17(30(32)33)13-18(25)23(16)31/h2-14,31H,1H3,(H,28,29). The minimum atomic E-state index is -0.553. The third-order valence-electron chi connectivity index (χ3n) is 4.82. The van der Waals surface area contributed by atoms with Crippen molar-refractivity contribution in [3.05, 3.63) is 98.6 Å². The number of ether oxygens (including phenoxy) is 1. The van der Waals surface area contributed by atoms with Gasteiger partial charge in [0.15, 0.2) is 5.84 Å². The molecule has 0 aliphatic rings. The van der Waals surface area contributed by atoms with Gasteiger partial charge in [-0.25, -0.2) is 9.98 Å². The van der Waals surface area contributed by atoms with E-state index < -0.39 is 4.92 Å². The number of aliphatic imine (C=N–C) groups is 1. The Bertz CT molecular complexity index is 1440. The Morgan fingerprint density at radius 3 is 2.71 bits per heavy atom. The van der Waals surface area contributed by atoms with Gasteiger partial charge in [-0.3, -0.25) is 15.5 Å². The van der Waals surface area contributed by atoms with Gasteiger partial charge in [0.1, 0.15) is 22.9 Å². The van der Waals surface area contributed by atoms with E-state index in [4.69, 9.17) is 4.74 Å². The van der Waals surface area contributed by atoms with E-state index in [9.17, 15) is 15.2 Å². The summed E-state index contributed by atoms with van der Waals surface area (Å²) in [6.45, 7) is 0. The van der Waals surface area contributed by atoms with E-state index in [2.05, 4.69) is 36.4 Å². The summed E-state index contributed by atoms with van der Waals surface area (Å²) in [5, 5.41) is 26.6. The summed E-state index contributed by atoms with van der Waals surface area (Å²) in [5.74, 6) is 0.700. The van der Waals surface area contributed by atoms with Gasteiger partial charge in [-0.05, 0) is 40.2 Å². The summed E-state index contributed by atoms with van der Waals surface area (Å²) < 4.78 is 5.58. The number of amidine groups is 1. The number of aromatic hydroxyl groups is 1. The third-order valence-corrected chi connectivity index (χ3v) is 5.43. The van der Waals surface area contributed by atoms with Gasteiger partial charge >= 0.3 is 0 Å². The number of benzene rings is 3. The first kappa shape index (κ1) is 22.9. The Morgan fingerprint density at radius 1 is 1.15 bits per heavy atom. The molecule has 34 heavy (non-hydrogen) atoms. The topological polar surface area (TPSA) is 122 Å². The first-order valence-electron chi connectivity index (χ1n) is 10.00. The van der Waals surface area contributed by atoms with Crippen molar-refractivity contribution < 1.29 is 14.8 Å². The molecule has 0 radical (unpaired) electrons. The van der Waals surface area contributed by atoms with Crippen molar-refractivity contribution in [3.8, 4) is 11.5 Å². The number of hydrazone groups is 1. The highest BCUT2D eigenvalue weighted by Gasteiger charge is 2.14. The lowest BCUT2D eigenvalue weighted by molar-refractivity contribution is -0.385. The van der Waals surface area contributed by atoms with E-state index in [1.54, 1.807) is 25.3 Å². The molecule has 9 nitrogen and oxygen atoms in total. The van der Waals surface area contributed by atoms with Crippen molar-refractivity contribution in [2.45, 2.75) is 0 Å². The van der Waals surface area contributed by atoms with Crippen LogP contribution < -0.4 is 10.2 Å². The molecule has 0 saturated carbocycles. The molecular formula is C24H18BrN5O4. The lowest BCUT2D eigenvalue weighted by Gasteiger charge is -2.09. The molecule has 0 atom stereocenters. The molecule has 0 saturated heterocycles.